The van der Waals surface area contributed by atoms with Gasteiger partial charge in [-0.25, -0.2) is 4.79 Å². The van der Waals surface area contributed by atoms with Crippen LogP contribution in [-0.4, -0.2) is 47.1 Å². The van der Waals surface area contributed by atoms with Crippen LogP contribution in [0.5, 0.6) is 0 Å². The molecule has 2 unspecified atom stereocenters. The van der Waals surface area contributed by atoms with Gasteiger partial charge in [-0.3, -0.25) is 0 Å². The molecule has 5 nitrogen and oxygen atoms in total. The van der Waals surface area contributed by atoms with Crippen molar-refractivity contribution in [1.82, 2.24) is 5.32 Å². The van der Waals surface area contributed by atoms with Crippen molar-refractivity contribution >= 4 is 5.97 Å². The molecule has 1 heterocycles. The van der Waals surface area contributed by atoms with Crippen LogP contribution in [0.3, 0.4) is 0 Å². The van der Waals surface area contributed by atoms with Gasteiger partial charge in [0.2, 0.25) is 0 Å². The third-order valence-electron chi connectivity index (χ3n) is 3.24. The van der Waals surface area contributed by atoms with E-state index >= 15 is 0 Å². The van der Waals surface area contributed by atoms with Crippen LogP contribution in [0.15, 0.2) is 0 Å². The van der Waals surface area contributed by atoms with E-state index in [4.69, 9.17) is 14.9 Å². The number of hydrogen-bond acceptors (Lipinski definition) is 4. The zero-order valence-electron chi connectivity index (χ0n) is 8.61. The summed E-state index contributed by atoms with van der Waals surface area (Å²) in [7, 11) is 0. The molecule has 1 saturated carbocycles. The molecule has 1 aliphatic carbocycles. The Labute approximate surface area is 88.4 Å². The van der Waals surface area contributed by atoms with E-state index < -0.39 is 12.1 Å². The van der Waals surface area contributed by atoms with Gasteiger partial charge in [0.25, 0.3) is 0 Å². The van der Waals surface area contributed by atoms with Gasteiger partial charge in [-0.15, -0.1) is 0 Å². The van der Waals surface area contributed by atoms with Crippen LogP contribution in [-0.2, 0) is 9.53 Å². The van der Waals surface area contributed by atoms with Gasteiger partial charge >= 0.3 is 5.97 Å². The number of carboxylic acids is 1. The Bertz CT molecular complexity index is 252. The van der Waals surface area contributed by atoms with Crippen molar-refractivity contribution in [3.8, 4) is 0 Å². The average Bonchev–Trinajstić information content (AvgIpc) is 2.85. The lowest BCUT2D eigenvalue weighted by Crippen LogP contribution is -2.40. The molecule has 0 spiro atoms. The first-order valence-electron chi connectivity index (χ1n) is 5.39. The highest BCUT2D eigenvalue weighted by molar-refractivity contribution is 5.72. The Morgan fingerprint density at radius 3 is 2.67 bits per heavy atom. The number of rotatable bonds is 5. The minimum atomic E-state index is -0.874. The van der Waals surface area contributed by atoms with Gasteiger partial charge in [-0.2, -0.15) is 0 Å². The molecule has 3 N–H and O–H groups in total. The molecular weight excluding hydrogens is 198 g/mol. The van der Waals surface area contributed by atoms with Gasteiger partial charge in [-0.05, 0) is 25.7 Å². The summed E-state index contributed by atoms with van der Waals surface area (Å²) >= 11 is 0. The molecule has 0 aromatic carbocycles. The Hall–Kier alpha value is -0.650. The van der Waals surface area contributed by atoms with Crippen molar-refractivity contribution < 1.29 is 19.7 Å². The summed E-state index contributed by atoms with van der Waals surface area (Å²) in [6, 6.07) is 0. The summed E-state index contributed by atoms with van der Waals surface area (Å²) in [5, 5.41) is 21.1. The van der Waals surface area contributed by atoms with E-state index in [1.165, 1.54) is 0 Å². The van der Waals surface area contributed by atoms with Crippen LogP contribution in [0.2, 0.25) is 0 Å². The topological polar surface area (TPSA) is 78.8 Å². The number of aliphatic hydroxyl groups is 1. The Morgan fingerprint density at radius 1 is 1.47 bits per heavy atom. The van der Waals surface area contributed by atoms with Crippen molar-refractivity contribution in [1.29, 1.82) is 0 Å². The predicted molar refractivity (Wildman–Crippen MR) is 52.6 cm³/mol. The SMILES string of the molecule is O=C(O)C1CCC(CNC2(CO)CC2)O1. The van der Waals surface area contributed by atoms with Crippen molar-refractivity contribution in [2.75, 3.05) is 13.2 Å². The number of aliphatic carboxylic acids is 1. The maximum Gasteiger partial charge on any atom is 0.332 e. The Morgan fingerprint density at radius 2 is 2.20 bits per heavy atom. The van der Waals surface area contributed by atoms with Gasteiger partial charge in [0.15, 0.2) is 6.10 Å². The van der Waals surface area contributed by atoms with Gasteiger partial charge < -0.3 is 20.3 Å². The molecule has 2 atom stereocenters. The fourth-order valence-corrected chi connectivity index (χ4v) is 1.91. The van der Waals surface area contributed by atoms with Crippen LogP contribution in [0.4, 0.5) is 0 Å². The number of carbonyl (C=O) groups is 1. The van der Waals surface area contributed by atoms with Crippen molar-refractivity contribution in [3.05, 3.63) is 0 Å². The largest absolute Gasteiger partial charge is 0.479 e. The standard InChI is InChI=1S/C10H17NO4/c12-6-10(3-4-10)11-5-7-1-2-8(15-7)9(13)14/h7-8,11-12H,1-6H2,(H,13,14). The van der Waals surface area contributed by atoms with Crippen LogP contribution < -0.4 is 5.32 Å². The quantitative estimate of drug-likeness (QED) is 0.588. The summed E-state index contributed by atoms with van der Waals surface area (Å²) in [5.41, 5.74) is -0.0926. The van der Waals surface area contributed by atoms with E-state index in [0.717, 1.165) is 19.3 Å². The summed E-state index contributed by atoms with van der Waals surface area (Å²) in [6.45, 7) is 0.798. The maximum atomic E-state index is 10.6. The molecule has 5 heteroatoms. The number of nitrogens with one attached hydrogen (secondary N) is 1. The van der Waals surface area contributed by atoms with E-state index in [1.54, 1.807) is 0 Å². The fourth-order valence-electron chi connectivity index (χ4n) is 1.91. The van der Waals surface area contributed by atoms with E-state index in [1.807, 2.05) is 0 Å². The summed E-state index contributed by atoms with van der Waals surface area (Å²) in [5.74, 6) is -0.874. The minimum absolute atomic E-state index is 0.0184. The molecule has 0 bridgehead atoms. The first kappa shape index (κ1) is 10.9. The molecule has 2 fully saturated rings. The molecular formula is C10H17NO4. The highest BCUT2D eigenvalue weighted by Crippen LogP contribution is 2.34. The number of hydrogen-bond donors (Lipinski definition) is 3. The van der Waals surface area contributed by atoms with Gasteiger partial charge in [-0.1, -0.05) is 0 Å². The molecule has 0 radical (unpaired) electrons. The molecule has 15 heavy (non-hydrogen) atoms. The van der Waals surface area contributed by atoms with E-state index in [-0.39, 0.29) is 18.2 Å². The smallest absolute Gasteiger partial charge is 0.332 e. The Balaban J connectivity index is 1.71. The van der Waals surface area contributed by atoms with Crippen molar-refractivity contribution in [3.63, 3.8) is 0 Å². The second-order valence-electron chi connectivity index (χ2n) is 4.48. The fraction of sp³-hybridized carbons (Fsp3) is 0.900. The van der Waals surface area contributed by atoms with Crippen LogP contribution in [0, 0.1) is 0 Å². The Kier molecular flexibility index (Phi) is 2.95. The third kappa shape index (κ3) is 2.48. The zero-order valence-corrected chi connectivity index (χ0v) is 8.61. The van der Waals surface area contributed by atoms with E-state index in [0.29, 0.717) is 13.0 Å². The molecule has 1 aliphatic heterocycles. The lowest BCUT2D eigenvalue weighted by molar-refractivity contribution is -0.149. The van der Waals surface area contributed by atoms with E-state index in [2.05, 4.69) is 5.32 Å². The molecule has 1 saturated heterocycles. The van der Waals surface area contributed by atoms with Gasteiger partial charge in [0.1, 0.15) is 0 Å². The summed E-state index contributed by atoms with van der Waals surface area (Å²) in [4.78, 5) is 10.6. The summed E-state index contributed by atoms with van der Waals surface area (Å²) in [6.07, 6.45) is 2.72. The van der Waals surface area contributed by atoms with Crippen LogP contribution in [0.25, 0.3) is 0 Å². The van der Waals surface area contributed by atoms with E-state index in [9.17, 15) is 4.79 Å². The second-order valence-corrected chi connectivity index (χ2v) is 4.48. The second kappa shape index (κ2) is 4.08. The first-order chi connectivity index (χ1) is 7.15. The molecule has 2 rings (SSSR count). The monoisotopic (exact) mass is 215 g/mol. The highest BCUT2D eigenvalue weighted by atomic mass is 16.5. The average molecular weight is 215 g/mol. The minimum Gasteiger partial charge on any atom is -0.479 e. The number of carboxylic acid groups (broad SMARTS) is 1. The lowest BCUT2D eigenvalue weighted by atomic mass is 10.2. The predicted octanol–water partition coefficient (Wildman–Crippen LogP) is -0.267. The highest BCUT2D eigenvalue weighted by Gasteiger charge is 2.42. The van der Waals surface area contributed by atoms with Crippen LogP contribution >= 0.6 is 0 Å². The normalized spacial score (nSPS) is 32.9. The van der Waals surface area contributed by atoms with Gasteiger partial charge in [0.05, 0.1) is 12.7 Å². The maximum absolute atomic E-state index is 10.6. The number of aliphatic hydroxyl groups excluding tert-OH is 1. The molecule has 0 amide bonds. The lowest BCUT2D eigenvalue weighted by Gasteiger charge is -2.17. The van der Waals surface area contributed by atoms with Crippen LogP contribution in [0.1, 0.15) is 25.7 Å². The van der Waals surface area contributed by atoms with Crippen molar-refractivity contribution in [2.45, 2.75) is 43.4 Å². The molecule has 0 aromatic heterocycles. The third-order valence-corrected chi connectivity index (χ3v) is 3.24. The first-order valence-corrected chi connectivity index (χ1v) is 5.39. The molecule has 2 aliphatic rings. The molecule has 0 aromatic rings. The summed E-state index contributed by atoms with van der Waals surface area (Å²) < 4.78 is 5.35. The van der Waals surface area contributed by atoms with Gasteiger partial charge in [0, 0.05) is 12.1 Å². The zero-order chi connectivity index (χ0) is 10.9. The van der Waals surface area contributed by atoms with Crippen molar-refractivity contribution in [2.24, 2.45) is 0 Å². The molecule has 86 valence electrons. The number of ether oxygens (including phenoxy) is 1.